The zero-order valence-electron chi connectivity index (χ0n) is 12.8. The average Bonchev–Trinajstić information content (AvgIpc) is 2.78. The molecule has 0 spiro atoms. The summed E-state index contributed by atoms with van der Waals surface area (Å²) in [5.74, 6) is 0. The van der Waals surface area contributed by atoms with Crippen molar-refractivity contribution < 1.29 is 5.11 Å². The van der Waals surface area contributed by atoms with Gasteiger partial charge in [-0.15, -0.1) is 11.3 Å². The Kier molecular flexibility index (Phi) is 4.77. The first kappa shape index (κ1) is 14.8. The van der Waals surface area contributed by atoms with Crippen molar-refractivity contribution in [1.82, 2.24) is 0 Å². The van der Waals surface area contributed by atoms with Crippen LogP contribution in [-0.2, 0) is 19.3 Å². The standard InChI is InChI=1S/C19H24OS/c1-2-7-14-8-6-10-16(12-14)19(20)18-13-15-9-4-3-5-11-17(15)21-18/h6,8,10,12-13,19-20H,2-5,7,9,11H2,1H3. The summed E-state index contributed by atoms with van der Waals surface area (Å²) in [5, 5.41) is 10.7. The minimum atomic E-state index is -0.460. The predicted octanol–water partition coefficient (Wildman–Crippen LogP) is 5.05. The molecule has 0 amide bonds. The van der Waals surface area contributed by atoms with E-state index in [1.54, 1.807) is 0 Å². The van der Waals surface area contributed by atoms with Gasteiger partial charge in [0.2, 0.25) is 0 Å². The molecule has 1 aromatic carbocycles. The van der Waals surface area contributed by atoms with Crippen molar-refractivity contribution in [2.24, 2.45) is 0 Å². The second-order valence-electron chi connectivity index (χ2n) is 6.06. The Morgan fingerprint density at radius 2 is 2.00 bits per heavy atom. The molecule has 0 bridgehead atoms. The van der Waals surface area contributed by atoms with Crippen molar-refractivity contribution >= 4 is 11.3 Å². The van der Waals surface area contributed by atoms with Crippen LogP contribution in [0.4, 0.5) is 0 Å². The van der Waals surface area contributed by atoms with Crippen molar-refractivity contribution in [2.75, 3.05) is 0 Å². The van der Waals surface area contributed by atoms with Gasteiger partial charge >= 0.3 is 0 Å². The summed E-state index contributed by atoms with van der Waals surface area (Å²) < 4.78 is 0. The lowest BCUT2D eigenvalue weighted by Gasteiger charge is -2.10. The maximum Gasteiger partial charge on any atom is 0.113 e. The lowest BCUT2D eigenvalue weighted by Crippen LogP contribution is -1.98. The van der Waals surface area contributed by atoms with Crippen LogP contribution in [0, 0.1) is 0 Å². The van der Waals surface area contributed by atoms with E-state index in [1.807, 2.05) is 11.3 Å². The van der Waals surface area contributed by atoms with E-state index in [-0.39, 0.29) is 0 Å². The molecule has 1 aromatic heterocycles. The molecule has 112 valence electrons. The molecule has 0 saturated carbocycles. The Labute approximate surface area is 131 Å². The molecule has 1 atom stereocenters. The van der Waals surface area contributed by atoms with E-state index >= 15 is 0 Å². The van der Waals surface area contributed by atoms with Crippen LogP contribution in [0.5, 0.6) is 0 Å². The first-order chi connectivity index (χ1) is 10.3. The number of aliphatic hydroxyl groups excluding tert-OH is 1. The Balaban J connectivity index is 1.84. The molecule has 0 fully saturated rings. The lowest BCUT2D eigenvalue weighted by atomic mass is 10.0. The van der Waals surface area contributed by atoms with Crippen LogP contribution >= 0.6 is 11.3 Å². The van der Waals surface area contributed by atoms with Gasteiger partial charge in [0, 0.05) is 9.75 Å². The highest BCUT2D eigenvalue weighted by molar-refractivity contribution is 7.12. The van der Waals surface area contributed by atoms with Crippen LogP contribution in [0.15, 0.2) is 30.3 Å². The highest BCUT2D eigenvalue weighted by atomic mass is 32.1. The Hall–Kier alpha value is -1.12. The number of aliphatic hydroxyl groups is 1. The third-order valence-electron chi connectivity index (χ3n) is 4.34. The summed E-state index contributed by atoms with van der Waals surface area (Å²) in [4.78, 5) is 2.63. The monoisotopic (exact) mass is 300 g/mol. The highest BCUT2D eigenvalue weighted by Crippen LogP contribution is 2.35. The summed E-state index contributed by atoms with van der Waals surface area (Å²) in [7, 11) is 0. The quantitative estimate of drug-likeness (QED) is 0.783. The van der Waals surface area contributed by atoms with E-state index in [2.05, 4.69) is 37.3 Å². The molecule has 1 aliphatic carbocycles. The topological polar surface area (TPSA) is 20.2 Å². The molecule has 1 nitrogen and oxygen atoms in total. The Morgan fingerprint density at radius 1 is 1.14 bits per heavy atom. The zero-order valence-corrected chi connectivity index (χ0v) is 13.6. The van der Waals surface area contributed by atoms with Crippen LogP contribution in [0.25, 0.3) is 0 Å². The van der Waals surface area contributed by atoms with E-state index in [9.17, 15) is 5.11 Å². The van der Waals surface area contributed by atoms with Gasteiger partial charge in [-0.2, -0.15) is 0 Å². The van der Waals surface area contributed by atoms with Gasteiger partial charge < -0.3 is 5.11 Å². The molecule has 1 unspecified atom stereocenters. The van der Waals surface area contributed by atoms with Crippen LogP contribution in [0.3, 0.4) is 0 Å². The molecule has 2 heteroatoms. The second kappa shape index (κ2) is 6.76. The summed E-state index contributed by atoms with van der Waals surface area (Å²) >= 11 is 1.82. The van der Waals surface area contributed by atoms with Gasteiger partial charge in [0.15, 0.2) is 0 Å². The zero-order chi connectivity index (χ0) is 14.7. The summed E-state index contributed by atoms with van der Waals surface area (Å²) in [5.41, 5.74) is 3.85. The van der Waals surface area contributed by atoms with E-state index < -0.39 is 6.10 Å². The number of fused-ring (bicyclic) bond motifs is 1. The van der Waals surface area contributed by atoms with Gasteiger partial charge in [-0.05, 0) is 54.9 Å². The number of benzene rings is 1. The molecule has 0 aliphatic heterocycles. The number of hydrogen-bond acceptors (Lipinski definition) is 2. The molecule has 0 saturated heterocycles. The smallest absolute Gasteiger partial charge is 0.113 e. The van der Waals surface area contributed by atoms with Crippen molar-refractivity contribution in [3.63, 3.8) is 0 Å². The number of hydrogen-bond donors (Lipinski definition) is 1. The van der Waals surface area contributed by atoms with E-state index in [0.29, 0.717) is 0 Å². The van der Waals surface area contributed by atoms with Crippen molar-refractivity contribution in [2.45, 2.75) is 58.0 Å². The van der Waals surface area contributed by atoms with Crippen LogP contribution in [0.2, 0.25) is 0 Å². The maximum absolute atomic E-state index is 10.7. The second-order valence-corrected chi connectivity index (χ2v) is 7.22. The molecule has 2 aromatic rings. The number of thiophene rings is 1. The molecular formula is C19H24OS. The van der Waals surface area contributed by atoms with E-state index in [0.717, 1.165) is 23.3 Å². The van der Waals surface area contributed by atoms with Gasteiger partial charge in [-0.1, -0.05) is 44.0 Å². The summed E-state index contributed by atoms with van der Waals surface area (Å²) in [6, 6.07) is 10.7. The first-order valence-corrected chi connectivity index (χ1v) is 8.98. The molecular weight excluding hydrogens is 276 g/mol. The molecule has 3 rings (SSSR count). The highest BCUT2D eigenvalue weighted by Gasteiger charge is 2.18. The van der Waals surface area contributed by atoms with E-state index in [1.165, 1.54) is 48.1 Å². The molecule has 1 N–H and O–H groups in total. The van der Waals surface area contributed by atoms with Gasteiger partial charge in [-0.25, -0.2) is 0 Å². The normalized spacial score (nSPS) is 16.3. The SMILES string of the molecule is CCCc1cccc(C(O)c2cc3c(s2)CCCCC3)c1. The van der Waals surface area contributed by atoms with Crippen LogP contribution in [0.1, 0.15) is 65.2 Å². The van der Waals surface area contributed by atoms with E-state index in [4.69, 9.17) is 0 Å². The van der Waals surface area contributed by atoms with Crippen molar-refractivity contribution in [1.29, 1.82) is 0 Å². The fraction of sp³-hybridized carbons (Fsp3) is 0.474. The third kappa shape index (κ3) is 3.38. The number of aryl methyl sites for hydroxylation is 3. The van der Waals surface area contributed by atoms with Crippen LogP contribution < -0.4 is 0 Å². The largest absolute Gasteiger partial charge is 0.383 e. The third-order valence-corrected chi connectivity index (χ3v) is 5.63. The van der Waals surface area contributed by atoms with Gasteiger partial charge in [0.05, 0.1) is 0 Å². The van der Waals surface area contributed by atoms with Gasteiger partial charge in [-0.3, -0.25) is 0 Å². The number of rotatable bonds is 4. The maximum atomic E-state index is 10.7. The predicted molar refractivity (Wildman–Crippen MR) is 90.1 cm³/mol. The van der Waals surface area contributed by atoms with Gasteiger partial charge in [0.25, 0.3) is 0 Å². The molecule has 1 heterocycles. The fourth-order valence-corrected chi connectivity index (χ4v) is 4.47. The first-order valence-electron chi connectivity index (χ1n) is 8.16. The fourth-order valence-electron chi connectivity index (χ4n) is 3.20. The Morgan fingerprint density at radius 3 is 2.86 bits per heavy atom. The minimum Gasteiger partial charge on any atom is -0.383 e. The summed E-state index contributed by atoms with van der Waals surface area (Å²) in [6.07, 6.45) is 8.10. The minimum absolute atomic E-state index is 0.460. The van der Waals surface area contributed by atoms with Gasteiger partial charge in [0.1, 0.15) is 6.10 Å². The molecule has 21 heavy (non-hydrogen) atoms. The van der Waals surface area contributed by atoms with Crippen molar-refractivity contribution in [3.8, 4) is 0 Å². The average molecular weight is 300 g/mol. The lowest BCUT2D eigenvalue weighted by molar-refractivity contribution is 0.224. The molecule has 0 radical (unpaired) electrons. The van der Waals surface area contributed by atoms with Crippen molar-refractivity contribution in [3.05, 3.63) is 56.8 Å². The molecule has 1 aliphatic rings. The Bertz CT molecular complexity index is 576. The summed E-state index contributed by atoms with van der Waals surface area (Å²) in [6.45, 7) is 2.19. The van der Waals surface area contributed by atoms with Crippen LogP contribution in [-0.4, -0.2) is 5.11 Å².